The number of carbonyl (C=O) groups excluding carboxylic acids is 2. The van der Waals surface area contributed by atoms with Gasteiger partial charge in [0.1, 0.15) is 15.6 Å². The Balaban J connectivity index is 1.71. The number of esters is 1. The standard InChI is InChI=1S/C19H22N2O4S/c1-12-16(19(23)25-13(2)18(22)21-10-4-5-11-21)26-17(20-12)14-6-8-15(24-3)9-7-14/h6-9,13H,4-5,10-11H2,1-3H3/t13-/m0/s1. The largest absolute Gasteiger partial charge is 0.497 e. The fraction of sp³-hybridized carbons (Fsp3) is 0.421. The molecular weight excluding hydrogens is 352 g/mol. The molecule has 0 radical (unpaired) electrons. The van der Waals surface area contributed by atoms with E-state index in [9.17, 15) is 9.59 Å². The zero-order valence-electron chi connectivity index (χ0n) is 15.2. The Labute approximate surface area is 156 Å². The fourth-order valence-corrected chi connectivity index (χ4v) is 3.86. The summed E-state index contributed by atoms with van der Waals surface area (Å²) in [5, 5.41) is 0.732. The third-order valence-electron chi connectivity index (χ3n) is 4.37. The van der Waals surface area contributed by atoms with Crippen LogP contribution in [0.25, 0.3) is 10.6 Å². The highest BCUT2D eigenvalue weighted by Gasteiger charge is 2.27. The highest BCUT2D eigenvalue weighted by Crippen LogP contribution is 2.30. The predicted molar refractivity (Wildman–Crippen MR) is 99.5 cm³/mol. The van der Waals surface area contributed by atoms with Gasteiger partial charge < -0.3 is 14.4 Å². The molecule has 1 aliphatic rings. The van der Waals surface area contributed by atoms with Crippen LogP contribution < -0.4 is 4.74 Å². The van der Waals surface area contributed by atoms with Gasteiger partial charge in [-0.3, -0.25) is 4.79 Å². The smallest absolute Gasteiger partial charge is 0.351 e. The van der Waals surface area contributed by atoms with Gasteiger partial charge in [-0.2, -0.15) is 0 Å². The van der Waals surface area contributed by atoms with Crippen molar-refractivity contribution >= 4 is 23.2 Å². The molecule has 1 atom stereocenters. The number of benzene rings is 1. The number of methoxy groups -OCH3 is 1. The van der Waals surface area contributed by atoms with Gasteiger partial charge in [-0.05, 0) is 51.0 Å². The van der Waals surface area contributed by atoms with Crippen LogP contribution in [0.1, 0.15) is 35.1 Å². The lowest BCUT2D eigenvalue weighted by atomic mass is 10.2. The third kappa shape index (κ3) is 3.88. The monoisotopic (exact) mass is 374 g/mol. The number of nitrogens with zero attached hydrogens (tertiary/aromatic N) is 2. The summed E-state index contributed by atoms with van der Waals surface area (Å²) in [6.45, 7) is 4.87. The molecule has 1 saturated heterocycles. The Morgan fingerprint density at radius 1 is 1.19 bits per heavy atom. The molecule has 7 heteroatoms. The van der Waals surface area contributed by atoms with Gasteiger partial charge in [-0.1, -0.05) is 0 Å². The Morgan fingerprint density at radius 2 is 1.85 bits per heavy atom. The summed E-state index contributed by atoms with van der Waals surface area (Å²) >= 11 is 1.27. The van der Waals surface area contributed by atoms with Crippen LogP contribution >= 0.6 is 11.3 Å². The van der Waals surface area contributed by atoms with Crippen molar-refractivity contribution in [3.05, 3.63) is 34.8 Å². The average molecular weight is 374 g/mol. The number of carbonyl (C=O) groups is 2. The maximum Gasteiger partial charge on any atom is 0.351 e. The Hall–Kier alpha value is -2.41. The van der Waals surface area contributed by atoms with E-state index >= 15 is 0 Å². The first-order valence-corrected chi connectivity index (χ1v) is 9.43. The molecule has 2 aromatic rings. The van der Waals surface area contributed by atoms with Gasteiger partial charge in [-0.25, -0.2) is 9.78 Å². The van der Waals surface area contributed by atoms with Crippen molar-refractivity contribution in [1.82, 2.24) is 9.88 Å². The number of thiazole rings is 1. The minimum absolute atomic E-state index is 0.131. The van der Waals surface area contributed by atoms with Gasteiger partial charge in [0.2, 0.25) is 0 Å². The molecule has 1 amide bonds. The maximum absolute atomic E-state index is 12.5. The van der Waals surface area contributed by atoms with Gasteiger partial charge in [-0.15, -0.1) is 11.3 Å². The quantitative estimate of drug-likeness (QED) is 0.751. The minimum atomic E-state index is -0.786. The molecule has 0 unspecified atom stereocenters. The zero-order valence-corrected chi connectivity index (χ0v) is 16.0. The third-order valence-corrected chi connectivity index (χ3v) is 5.55. The van der Waals surface area contributed by atoms with E-state index < -0.39 is 12.1 Å². The second kappa shape index (κ2) is 7.86. The van der Waals surface area contributed by atoms with E-state index in [0.29, 0.717) is 10.6 Å². The van der Waals surface area contributed by atoms with Crippen LogP contribution in [0.2, 0.25) is 0 Å². The normalized spacial score (nSPS) is 15.0. The van der Waals surface area contributed by atoms with Gasteiger partial charge in [0.25, 0.3) is 5.91 Å². The summed E-state index contributed by atoms with van der Waals surface area (Å²) in [7, 11) is 1.61. The van der Waals surface area contributed by atoms with Crippen LogP contribution in [-0.4, -0.2) is 48.1 Å². The summed E-state index contributed by atoms with van der Waals surface area (Å²) in [6.07, 6.45) is 1.23. The Bertz CT molecular complexity index is 794. The molecule has 138 valence electrons. The number of aryl methyl sites for hydroxylation is 1. The van der Waals surface area contributed by atoms with E-state index in [2.05, 4.69) is 4.98 Å². The van der Waals surface area contributed by atoms with Crippen LogP contribution in [0.15, 0.2) is 24.3 Å². The SMILES string of the molecule is COc1ccc(-c2nc(C)c(C(=O)O[C@@H](C)C(=O)N3CCCC3)s2)cc1. The van der Waals surface area contributed by atoms with Crippen molar-refractivity contribution in [3.63, 3.8) is 0 Å². The van der Waals surface area contributed by atoms with Gasteiger partial charge in [0.15, 0.2) is 6.10 Å². The van der Waals surface area contributed by atoms with Crippen molar-refractivity contribution < 1.29 is 19.1 Å². The molecule has 26 heavy (non-hydrogen) atoms. The second-order valence-electron chi connectivity index (χ2n) is 6.24. The molecular formula is C19H22N2O4S. The first-order valence-electron chi connectivity index (χ1n) is 8.61. The van der Waals surface area contributed by atoms with Crippen molar-refractivity contribution in [2.75, 3.05) is 20.2 Å². The number of aromatic nitrogens is 1. The topological polar surface area (TPSA) is 68.7 Å². The maximum atomic E-state index is 12.5. The molecule has 0 spiro atoms. The van der Waals surface area contributed by atoms with E-state index in [1.807, 2.05) is 24.3 Å². The average Bonchev–Trinajstić information content (AvgIpc) is 3.31. The molecule has 6 nitrogen and oxygen atoms in total. The van der Waals surface area contributed by atoms with Crippen LogP contribution in [0.3, 0.4) is 0 Å². The van der Waals surface area contributed by atoms with Gasteiger partial charge in [0, 0.05) is 18.7 Å². The molecule has 0 N–H and O–H groups in total. The molecule has 1 aromatic carbocycles. The molecule has 2 heterocycles. The summed E-state index contributed by atoms with van der Waals surface area (Å²) in [5.74, 6) is 0.129. The molecule has 1 fully saturated rings. The second-order valence-corrected chi connectivity index (χ2v) is 7.24. The van der Waals surface area contributed by atoms with Crippen LogP contribution in [0, 0.1) is 6.92 Å². The molecule has 3 rings (SSSR count). The van der Waals surface area contributed by atoms with E-state index in [-0.39, 0.29) is 5.91 Å². The number of amides is 1. The highest BCUT2D eigenvalue weighted by atomic mass is 32.1. The minimum Gasteiger partial charge on any atom is -0.497 e. The van der Waals surface area contributed by atoms with Crippen LogP contribution in [0.5, 0.6) is 5.75 Å². The fourth-order valence-electron chi connectivity index (χ4n) is 2.90. The van der Waals surface area contributed by atoms with E-state index in [4.69, 9.17) is 9.47 Å². The van der Waals surface area contributed by atoms with Gasteiger partial charge >= 0.3 is 5.97 Å². The van der Waals surface area contributed by atoms with E-state index in [1.165, 1.54) is 11.3 Å². The van der Waals surface area contributed by atoms with Gasteiger partial charge in [0.05, 0.1) is 12.8 Å². The van der Waals surface area contributed by atoms with Crippen LogP contribution in [0.4, 0.5) is 0 Å². The van der Waals surface area contributed by atoms with E-state index in [1.54, 1.807) is 25.9 Å². The lowest BCUT2D eigenvalue weighted by Crippen LogP contribution is -2.38. The summed E-state index contributed by atoms with van der Waals surface area (Å²) < 4.78 is 10.6. The Kier molecular flexibility index (Phi) is 5.56. The molecule has 0 bridgehead atoms. The van der Waals surface area contributed by atoms with E-state index in [0.717, 1.165) is 42.3 Å². The van der Waals surface area contributed by atoms with Crippen LogP contribution in [-0.2, 0) is 9.53 Å². The zero-order chi connectivity index (χ0) is 18.7. The molecule has 0 saturated carbocycles. The number of hydrogen-bond donors (Lipinski definition) is 0. The molecule has 1 aliphatic heterocycles. The summed E-state index contributed by atoms with van der Waals surface area (Å²) in [4.78, 5) is 31.5. The summed E-state index contributed by atoms with van der Waals surface area (Å²) in [6, 6.07) is 7.49. The number of rotatable bonds is 5. The summed E-state index contributed by atoms with van der Waals surface area (Å²) in [5.41, 5.74) is 1.51. The first-order chi connectivity index (χ1) is 12.5. The van der Waals surface area contributed by atoms with Crippen molar-refractivity contribution in [1.29, 1.82) is 0 Å². The number of ether oxygens (including phenoxy) is 2. The predicted octanol–water partition coefficient (Wildman–Crippen LogP) is 3.29. The van der Waals surface area contributed by atoms with Crippen molar-refractivity contribution in [2.45, 2.75) is 32.8 Å². The molecule has 0 aliphatic carbocycles. The Morgan fingerprint density at radius 3 is 2.46 bits per heavy atom. The number of hydrogen-bond acceptors (Lipinski definition) is 6. The highest BCUT2D eigenvalue weighted by molar-refractivity contribution is 7.17. The lowest BCUT2D eigenvalue weighted by Gasteiger charge is -2.20. The number of likely N-dealkylation sites (tertiary alicyclic amines) is 1. The molecule has 1 aromatic heterocycles. The van der Waals surface area contributed by atoms with Crippen molar-refractivity contribution in [3.8, 4) is 16.3 Å². The lowest BCUT2D eigenvalue weighted by molar-refractivity contribution is -0.138. The van der Waals surface area contributed by atoms with Crippen molar-refractivity contribution in [2.24, 2.45) is 0 Å². The first kappa shape index (κ1) is 18.4.